The average molecular weight is 1230 g/mol. The highest BCUT2D eigenvalue weighted by atomic mass is 16.5. The third kappa shape index (κ3) is 19.4. The van der Waals surface area contributed by atoms with Crippen LogP contribution in [0.25, 0.3) is 18.2 Å². The average Bonchev–Trinajstić information content (AvgIpc) is 2.35. The molecule has 0 aliphatic heterocycles. The van der Waals surface area contributed by atoms with E-state index >= 15 is 0 Å². The fraction of sp³-hybridized carbons (Fsp3) is 0.370. The van der Waals surface area contributed by atoms with Gasteiger partial charge in [0, 0.05) is 86.0 Å². The molecule has 8 aliphatic carbocycles. The van der Waals surface area contributed by atoms with E-state index in [0.29, 0.717) is 47.8 Å². The van der Waals surface area contributed by atoms with Crippen molar-refractivity contribution in [3.63, 3.8) is 0 Å². The van der Waals surface area contributed by atoms with Gasteiger partial charge in [0.1, 0.15) is 0 Å². The lowest BCUT2D eigenvalue weighted by Gasteiger charge is -2.06. The Kier molecular flexibility index (Phi) is 21.4. The number of aliphatic hydroxyl groups is 1. The van der Waals surface area contributed by atoms with Gasteiger partial charge in [-0.25, -0.2) is 10.3 Å². The molecule has 8 fully saturated rings. The summed E-state index contributed by atoms with van der Waals surface area (Å²) in [4.78, 5) is 33.5. The molecule has 8 unspecified atom stereocenters. The van der Waals surface area contributed by atoms with Gasteiger partial charge in [-0.15, -0.1) is 0 Å². The third-order valence-corrected chi connectivity index (χ3v) is 19.5. The summed E-state index contributed by atoms with van der Waals surface area (Å²) in [5, 5.41) is 28.2. The van der Waals surface area contributed by atoms with Gasteiger partial charge in [-0.3, -0.25) is 14.8 Å². The first kappa shape index (κ1) is 64.2. The molecule has 0 bridgehead atoms. The van der Waals surface area contributed by atoms with E-state index in [0.717, 1.165) is 60.0 Å². The van der Waals surface area contributed by atoms with Crippen LogP contribution in [-0.4, -0.2) is 65.9 Å². The van der Waals surface area contributed by atoms with Gasteiger partial charge in [0.2, 0.25) is 0 Å². The second-order valence-electron chi connectivity index (χ2n) is 26.9. The molecule has 7 aromatic rings. The summed E-state index contributed by atoms with van der Waals surface area (Å²) in [5.41, 5.74) is 25.9. The molecule has 0 aromatic heterocycles. The molecule has 476 valence electrons. The number of hydroxylamine groups is 1. The van der Waals surface area contributed by atoms with Crippen molar-refractivity contribution in [1.82, 2.24) is 21.4 Å². The van der Waals surface area contributed by atoms with Gasteiger partial charge >= 0.3 is 5.97 Å². The van der Waals surface area contributed by atoms with Gasteiger partial charge in [0.15, 0.2) is 5.78 Å². The lowest BCUT2D eigenvalue weighted by molar-refractivity contribution is -0.134. The van der Waals surface area contributed by atoms with E-state index in [-0.39, 0.29) is 24.8 Å². The predicted octanol–water partition coefficient (Wildman–Crippen LogP) is 14.7. The zero-order valence-corrected chi connectivity index (χ0v) is 53.2. The van der Waals surface area contributed by atoms with Crippen molar-refractivity contribution in [2.24, 2.45) is 5.73 Å². The summed E-state index contributed by atoms with van der Waals surface area (Å²) < 4.78 is 4.60. The number of amides is 1. The summed E-state index contributed by atoms with van der Waals surface area (Å²) in [6, 6.07) is 63.7. The van der Waals surface area contributed by atoms with Crippen LogP contribution >= 0.6 is 0 Å². The number of rotatable bonds is 25. The topological polar surface area (TPSA) is 175 Å². The van der Waals surface area contributed by atoms with E-state index in [9.17, 15) is 14.4 Å². The molecule has 0 heterocycles. The molecule has 0 spiro atoms. The summed E-state index contributed by atoms with van der Waals surface area (Å²) >= 11 is 0. The fourth-order valence-electron chi connectivity index (χ4n) is 12.5. The Morgan fingerprint density at radius 2 is 0.717 bits per heavy atom. The number of hydrogen-bond acceptors (Lipinski definition) is 10. The van der Waals surface area contributed by atoms with Crippen molar-refractivity contribution in [2.75, 3.05) is 13.7 Å². The highest BCUT2D eigenvalue weighted by molar-refractivity contribution is 5.93. The predicted molar refractivity (Wildman–Crippen MR) is 368 cm³/mol. The zero-order chi connectivity index (χ0) is 63.3. The van der Waals surface area contributed by atoms with Crippen molar-refractivity contribution in [1.29, 1.82) is 0 Å². The molecule has 11 heteroatoms. The number of esters is 1. The van der Waals surface area contributed by atoms with Crippen molar-refractivity contribution in [3.05, 3.63) is 266 Å². The molecule has 11 nitrogen and oxygen atoms in total. The van der Waals surface area contributed by atoms with E-state index < -0.39 is 5.91 Å². The van der Waals surface area contributed by atoms with Gasteiger partial charge < -0.3 is 31.5 Å². The maximum absolute atomic E-state index is 11.4. The number of carbonyl (C=O) groups excluding carboxylic acids is 3. The Morgan fingerprint density at radius 3 is 1.00 bits per heavy atom. The number of benzene rings is 7. The molecule has 8 atom stereocenters. The highest BCUT2D eigenvalue weighted by Crippen LogP contribution is 2.47. The normalized spacial score (nSPS) is 23.1. The molecule has 15 rings (SSSR count). The summed E-state index contributed by atoms with van der Waals surface area (Å²) in [6.45, 7) is 2.50. The van der Waals surface area contributed by atoms with Crippen LogP contribution in [0.4, 0.5) is 0 Å². The monoisotopic (exact) mass is 1230 g/mol. The Hall–Kier alpha value is -7.87. The van der Waals surface area contributed by atoms with Gasteiger partial charge in [-0.1, -0.05) is 176 Å². The minimum atomic E-state index is -0.527. The second kappa shape index (κ2) is 30.7. The lowest BCUT2D eigenvalue weighted by Crippen LogP contribution is -2.17. The summed E-state index contributed by atoms with van der Waals surface area (Å²) in [7, 11) is 1.38. The second-order valence-corrected chi connectivity index (χ2v) is 26.9. The van der Waals surface area contributed by atoms with E-state index in [4.69, 9.17) is 16.0 Å². The van der Waals surface area contributed by atoms with Crippen molar-refractivity contribution in [2.45, 2.75) is 175 Å². The Bertz CT molecular complexity index is 3500. The number of aliphatic hydroxyl groups excluding tert-OH is 1. The first-order valence-corrected chi connectivity index (χ1v) is 33.8. The van der Waals surface area contributed by atoms with Crippen LogP contribution in [0, 0.1) is 0 Å². The fourth-order valence-corrected chi connectivity index (χ4v) is 12.5. The van der Waals surface area contributed by atoms with Gasteiger partial charge in [-0.05, 0) is 197 Å². The van der Waals surface area contributed by atoms with Crippen LogP contribution in [-0.2, 0) is 38.8 Å². The van der Waals surface area contributed by atoms with Crippen LogP contribution in [0.2, 0.25) is 0 Å². The SMILES string of the molecule is COC(=O)/C=C/c1ccc(CNC2CC2c2ccc(C3CC3)cc2)cc1.NC1CC1c1ccc(C2CC2)cc1.O=C(/C=C/c1ccc(CNC2CC2c2ccc(C3CC3)cc2)cc1)CCO.O=C(/C=C/c1ccc(CNC2CC2c2ccc(C3CC3)cc2)cc1)NO. The van der Waals surface area contributed by atoms with E-state index in [1.165, 1.54) is 164 Å². The molecule has 92 heavy (non-hydrogen) atoms. The largest absolute Gasteiger partial charge is 0.466 e. The molecular formula is C81H91N5O6. The van der Waals surface area contributed by atoms with Crippen LogP contribution in [0.15, 0.2) is 188 Å². The Morgan fingerprint density at radius 1 is 0.424 bits per heavy atom. The number of ether oxygens (including phenoxy) is 1. The molecule has 1 amide bonds. The van der Waals surface area contributed by atoms with E-state index in [1.807, 2.05) is 36.4 Å². The zero-order valence-electron chi connectivity index (χ0n) is 53.2. The van der Waals surface area contributed by atoms with Crippen LogP contribution < -0.4 is 27.2 Å². The Balaban J connectivity index is 0.000000121. The minimum Gasteiger partial charge on any atom is -0.466 e. The molecule has 8 N–H and O–H groups in total. The number of allylic oxidation sites excluding steroid dienone is 1. The lowest BCUT2D eigenvalue weighted by atomic mass is 10.1. The van der Waals surface area contributed by atoms with E-state index in [1.54, 1.807) is 23.7 Å². The minimum absolute atomic E-state index is 0.0480. The number of carbonyl (C=O) groups is 3. The smallest absolute Gasteiger partial charge is 0.330 e. The van der Waals surface area contributed by atoms with Crippen molar-refractivity contribution in [3.8, 4) is 0 Å². The highest BCUT2D eigenvalue weighted by Gasteiger charge is 2.40. The third-order valence-electron chi connectivity index (χ3n) is 19.5. The summed E-state index contributed by atoms with van der Waals surface area (Å²) in [5.74, 6) is 5.07. The molecule has 8 saturated carbocycles. The Labute approximate surface area is 544 Å². The standard InChI is InChI=1S/C24H27NO2.C23H25NO2.C22H24N2O2.C12H15N/c26-14-13-22(27)12-5-17-1-3-18(4-2-17)16-25-24-15-23(24)21-10-8-20(9-11-21)19-6-7-19;1-26-23(25)13-6-16-2-4-17(5-3-16)15-24-22-14-21(22)20-11-9-19(10-12-20)18-7-8-18;25-22(24-26)12-5-15-1-3-16(4-2-15)14-23-21-13-20(21)19-10-8-18(9-11-19)17-6-7-17;13-12-7-11(12)10-5-3-9(4-6-10)8-1-2-8/h1-5,8-12,19,23-26H,6-7,13-16H2;2-6,9-13,18,21-22,24H,7-8,14-15H2,1H3;1-5,8-12,17,20-21,23,26H,6-7,13-14H2,(H,24,25);3-6,8,11-12H,1-2,7,13H2/b12-5+;13-6+;12-5+;. The molecule has 8 aliphatic rings. The first-order valence-electron chi connectivity index (χ1n) is 33.8. The van der Waals surface area contributed by atoms with Crippen LogP contribution in [0.3, 0.4) is 0 Å². The van der Waals surface area contributed by atoms with Crippen molar-refractivity contribution < 1.29 is 29.4 Å². The van der Waals surface area contributed by atoms with Crippen LogP contribution in [0.5, 0.6) is 0 Å². The number of hydrogen-bond donors (Lipinski definition) is 7. The number of ketones is 1. The van der Waals surface area contributed by atoms with Gasteiger partial charge in [0.05, 0.1) is 13.7 Å². The molecule has 0 saturated heterocycles. The summed E-state index contributed by atoms with van der Waals surface area (Å²) in [6.07, 6.45) is 25.5. The quantitative estimate of drug-likeness (QED) is 0.0126. The van der Waals surface area contributed by atoms with Crippen LogP contribution in [0.1, 0.15) is 209 Å². The number of nitrogens with one attached hydrogen (secondary N) is 4. The van der Waals surface area contributed by atoms with E-state index in [2.05, 4.69) is 154 Å². The maximum atomic E-state index is 11.4. The first-order chi connectivity index (χ1) is 45.0. The van der Waals surface area contributed by atoms with Gasteiger partial charge in [-0.2, -0.15) is 0 Å². The molecule has 7 aromatic carbocycles. The van der Waals surface area contributed by atoms with Gasteiger partial charge in [0.25, 0.3) is 5.91 Å². The number of nitrogens with two attached hydrogens (primary N) is 1. The van der Waals surface area contributed by atoms with Crippen molar-refractivity contribution >= 4 is 35.9 Å². The maximum Gasteiger partial charge on any atom is 0.330 e. The molecular weight excluding hydrogens is 1140 g/mol. The number of methoxy groups -OCH3 is 1. The molecule has 0 radical (unpaired) electrons.